The van der Waals surface area contributed by atoms with Crippen LogP contribution >= 0.6 is 0 Å². The third-order valence-electron chi connectivity index (χ3n) is 6.76. The highest BCUT2D eigenvalue weighted by atomic mass is 19.4. The summed E-state index contributed by atoms with van der Waals surface area (Å²) in [6, 6.07) is 10.9. The molecule has 2 aliphatic heterocycles. The van der Waals surface area contributed by atoms with Crippen LogP contribution in [0.3, 0.4) is 0 Å². The Morgan fingerprint density at radius 1 is 0.950 bits per heavy atom. The highest BCUT2D eigenvalue weighted by Gasteiger charge is 2.48. The van der Waals surface area contributed by atoms with E-state index < -0.39 is 24.3 Å². The highest BCUT2D eigenvalue weighted by molar-refractivity contribution is 5.81. The lowest BCUT2D eigenvalue weighted by Crippen LogP contribution is -2.53. The van der Waals surface area contributed by atoms with E-state index in [1.165, 1.54) is 22.3 Å². The first-order chi connectivity index (χ1) is 18.4. The first-order valence-corrected chi connectivity index (χ1v) is 12.0. The number of halogens is 6. The summed E-state index contributed by atoms with van der Waals surface area (Å²) in [7, 11) is 0. The second kappa shape index (κ2) is 13.1. The third-order valence-corrected chi connectivity index (χ3v) is 6.76. The van der Waals surface area contributed by atoms with E-state index in [0.29, 0.717) is 6.42 Å². The molecule has 2 aliphatic rings. The van der Waals surface area contributed by atoms with Crippen LogP contribution in [0, 0.1) is 13.8 Å². The van der Waals surface area contributed by atoms with E-state index in [-0.39, 0.29) is 17.4 Å². The first-order valence-electron chi connectivity index (χ1n) is 12.0. The first kappa shape index (κ1) is 32.5. The Kier molecular flexibility index (Phi) is 10.7. The number of pyridine rings is 1. The number of aliphatic carboxylic acids is 2. The number of hydrogen-bond acceptors (Lipinski definition) is 5. The molecule has 1 atom stereocenters. The van der Waals surface area contributed by atoms with Crippen molar-refractivity contribution < 1.29 is 50.9 Å². The van der Waals surface area contributed by atoms with Gasteiger partial charge in [0.2, 0.25) is 5.91 Å². The van der Waals surface area contributed by atoms with E-state index in [4.69, 9.17) is 19.8 Å². The zero-order valence-corrected chi connectivity index (χ0v) is 21.6. The van der Waals surface area contributed by atoms with Gasteiger partial charge in [0.25, 0.3) is 0 Å². The van der Waals surface area contributed by atoms with Crippen molar-refractivity contribution in [3.8, 4) is 0 Å². The fourth-order valence-electron chi connectivity index (χ4n) is 4.57. The Labute approximate surface area is 226 Å². The lowest BCUT2D eigenvalue weighted by Gasteiger charge is -2.43. The molecule has 0 aliphatic carbocycles. The van der Waals surface area contributed by atoms with Gasteiger partial charge in [-0.2, -0.15) is 26.3 Å². The SMILES string of the molecule is Cc1ccc(CN2CCC3(CC2)NC(=O)CC3c2ccncc2)cc1C.O=C(O)C(F)(F)F.O=C(O)C(F)(F)F. The molecule has 1 unspecified atom stereocenters. The van der Waals surface area contributed by atoms with Gasteiger partial charge < -0.3 is 15.5 Å². The number of carbonyl (C=O) groups is 3. The molecular weight excluding hydrogens is 548 g/mol. The Morgan fingerprint density at radius 3 is 1.90 bits per heavy atom. The lowest BCUT2D eigenvalue weighted by atomic mass is 9.74. The summed E-state index contributed by atoms with van der Waals surface area (Å²) >= 11 is 0. The minimum atomic E-state index is -5.08. The van der Waals surface area contributed by atoms with Crippen molar-refractivity contribution in [2.75, 3.05) is 13.1 Å². The number of carboxylic acid groups (broad SMARTS) is 2. The van der Waals surface area contributed by atoms with Gasteiger partial charge in [0.05, 0.1) is 0 Å². The summed E-state index contributed by atoms with van der Waals surface area (Å²) in [4.78, 5) is 36.6. The van der Waals surface area contributed by atoms with Crippen molar-refractivity contribution in [1.82, 2.24) is 15.2 Å². The highest BCUT2D eigenvalue weighted by Crippen LogP contribution is 2.43. The van der Waals surface area contributed by atoms with Crippen LogP contribution < -0.4 is 5.32 Å². The van der Waals surface area contributed by atoms with Gasteiger partial charge in [-0.1, -0.05) is 18.2 Å². The zero-order chi connectivity index (χ0) is 30.3. The van der Waals surface area contributed by atoms with Crippen LogP contribution in [0.15, 0.2) is 42.7 Å². The van der Waals surface area contributed by atoms with Gasteiger partial charge in [-0.05, 0) is 61.1 Å². The van der Waals surface area contributed by atoms with E-state index in [0.717, 1.165) is 32.5 Å². The van der Waals surface area contributed by atoms with E-state index in [2.05, 4.69) is 59.4 Å². The second-order valence-electron chi connectivity index (χ2n) is 9.54. The maximum atomic E-state index is 12.2. The number of alkyl halides is 6. The number of carbonyl (C=O) groups excluding carboxylic acids is 1. The summed E-state index contributed by atoms with van der Waals surface area (Å²) in [6.45, 7) is 7.37. The normalized spacial score (nSPS) is 18.6. The van der Waals surface area contributed by atoms with E-state index in [9.17, 15) is 31.1 Å². The molecule has 0 bridgehead atoms. The molecule has 2 fully saturated rings. The molecule has 1 spiro atoms. The minimum Gasteiger partial charge on any atom is -0.475 e. The van der Waals surface area contributed by atoms with Gasteiger partial charge in [0, 0.05) is 49.9 Å². The molecule has 220 valence electrons. The molecule has 0 radical (unpaired) electrons. The maximum absolute atomic E-state index is 12.2. The Morgan fingerprint density at radius 2 is 1.45 bits per heavy atom. The molecule has 0 saturated carbocycles. The number of amides is 1. The van der Waals surface area contributed by atoms with Gasteiger partial charge >= 0.3 is 24.3 Å². The monoisotopic (exact) mass is 577 g/mol. The van der Waals surface area contributed by atoms with Crippen molar-refractivity contribution >= 4 is 17.8 Å². The summed E-state index contributed by atoms with van der Waals surface area (Å²) in [5, 5.41) is 17.6. The van der Waals surface area contributed by atoms with Gasteiger partial charge in [0.1, 0.15) is 0 Å². The van der Waals surface area contributed by atoms with Crippen LogP contribution in [0.25, 0.3) is 0 Å². The van der Waals surface area contributed by atoms with E-state index >= 15 is 0 Å². The van der Waals surface area contributed by atoms with Crippen molar-refractivity contribution in [1.29, 1.82) is 0 Å². The molecule has 3 N–H and O–H groups in total. The van der Waals surface area contributed by atoms with Crippen LogP contribution in [-0.2, 0) is 20.9 Å². The number of rotatable bonds is 3. The average molecular weight is 578 g/mol. The van der Waals surface area contributed by atoms with Crippen molar-refractivity contribution in [2.24, 2.45) is 0 Å². The quantitative estimate of drug-likeness (QED) is 0.456. The number of likely N-dealkylation sites (tertiary alicyclic amines) is 1. The molecular formula is C26H29F6N3O5. The Hall–Kier alpha value is -3.68. The van der Waals surface area contributed by atoms with E-state index in [1.54, 1.807) is 0 Å². The second-order valence-corrected chi connectivity index (χ2v) is 9.54. The maximum Gasteiger partial charge on any atom is 0.490 e. The van der Waals surface area contributed by atoms with Crippen molar-refractivity contribution in [3.63, 3.8) is 0 Å². The topological polar surface area (TPSA) is 120 Å². The molecule has 2 saturated heterocycles. The number of aryl methyl sites for hydroxylation is 2. The van der Waals surface area contributed by atoms with Crippen LogP contribution in [0.2, 0.25) is 0 Å². The van der Waals surface area contributed by atoms with Crippen LogP contribution in [0.4, 0.5) is 26.3 Å². The van der Waals surface area contributed by atoms with Crippen LogP contribution in [0.5, 0.6) is 0 Å². The summed E-state index contributed by atoms with van der Waals surface area (Å²) in [5.41, 5.74) is 5.24. The zero-order valence-electron chi connectivity index (χ0n) is 21.6. The number of hydrogen-bond donors (Lipinski definition) is 3. The Bertz CT molecular complexity index is 1160. The molecule has 1 amide bonds. The lowest BCUT2D eigenvalue weighted by molar-refractivity contribution is -0.193. The van der Waals surface area contributed by atoms with Gasteiger partial charge in [-0.25, -0.2) is 9.59 Å². The molecule has 1 aromatic heterocycles. The molecule has 2 aromatic rings. The minimum absolute atomic E-state index is 0.0852. The fourth-order valence-corrected chi connectivity index (χ4v) is 4.57. The number of nitrogens with one attached hydrogen (secondary N) is 1. The van der Waals surface area contributed by atoms with Crippen molar-refractivity contribution in [2.45, 2.75) is 63.5 Å². The Balaban J connectivity index is 0.000000333. The number of aromatic nitrogens is 1. The number of piperidine rings is 1. The summed E-state index contributed by atoms with van der Waals surface area (Å²) < 4.78 is 63.5. The molecule has 1 aromatic carbocycles. The number of benzene rings is 1. The third kappa shape index (κ3) is 9.21. The number of nitrogens with zero attached hydrogens (tertiary/aromatic N) is 2. The van der Waals surface area contributed by atoms with Gasteiger partial charge in [-0.3, -0.25) is 14.7 Å². The fraction of sp³-hybridized carbons (Fsp3) is 0.462. The van der Waals surface area contributed by atoms with Crippen molar-refractivity contribution in [3.05, 3.63) is 65.0 Å². The summed E-state index contributed by atoms with van der Waals surface area (Å²) in [5.74, 6) is -5.06. The van der Waals surface area contributed by atoms with E-state index in [1.807, 2.05) is 12.4 Å². The molecule has 40 heavy (non-hydrogen) atoms. The van der Waals surface area contributed by atoms with Crippen LogP contribution in [0.1, 0.15) is 47.4 Å². The standard InChI is InChI=1S/C22H27N3O.2C2HF3O2/c1-16-3-4-18(13-17(16)2)15-25-11-7-22(8-12-25)20(14-21(26)24-22)19-5-9-23-10-6-19;2*3-2(4,5)1(6)7/h3-6,9-10,13,20H,7-8,11-12,14-15H2,1-2H3,(H,24,26);2*(H,6,7). The summed E-state index contributed by atoms with van der Waals surface area (Å²) in [6.07, 6.45) is -3.88. The van der Waals surface area contributed by atoms with Gasteiger partial charge in [-0.15, -0.1) is 0 Å². The largest absolute Gasteiger partial charge is 0.490 e. The molecule has 3 heterocycles. The van der Waals surface area contributed by atoms with Crippen LogP contribution in [-0.4, -0.2) is 68.9 Å². The predicted molar refractivity (Wildman–Crippen MR) is 130 cm³/mol. The molecule has 8 nitrogen and oxygen atoms in total. The smallest absolute Gasteiger partial charge is 0.475 e. The molecule has 4 rings (SSSR count). The van der Waals surface area contributed by atoms with Gasteiger partial charge in [0.15, 0.2) is 0 Å². The average Bonchev–Trinajstić information content (AvgIpc) is 3.18. The number of carboxylic acids is 2. The molecule has 14 heteroatoms. The predicted octanol–water partition coefficient (Wildman–Crippen LogP) is 4.60.